The van der Waals surface area contributed by atoms with Gasteiger partial charge in [-0.25, -0.2) is 8.42 Å². The number of halogens is 1. The Morgan fingerprint density at radius 3 is 2.42 bits per heavy atom. The lowest BCUT2D eigenvalue weighted by molar-refractivity contribution is 0.0916. The number of carbonyl (C=O) groups excluding carboxylic acids is 1. The van der Waals surface area contributed by atoms with Crippen LogP contribution in [0, 0.1) is 0 Å². The molecule has 8 heteroatoms. The van der Waals surface area contributed by atoms with Gasteiger partial charge in [0.25, 0.3) is 5.91 Å². The van der Waals surface area contributed by atoms with Crippen molar-refractivity contribution in [1.82, 2.24) is 14.5 Å². The van der Waals surface area contributed by atoms with Gasteiger partial charge in [-0.2, -0.15) is 4.31 Å². The van der Waals surface area contributed by atoms with Crippen molar-refractivity contribution in [2.75, 3.05) is 33.2 Å². The first-order valence-electron chi connectivity index (χ1n) is 9.17. The number of carbonyl (C=O) groups is 1. The van der Waals surface area contributed by atoms with Gasteiger partial charge in [0, 0.05) is 24.7 Å². The van der Waals surface area contributed by atoms with E-state index in [1.807, 2.05) is 0 Å². The van der Waals surface area contributed by atoms with E-state index in [0.717, 1.165) is 45.2 Å². The van der Waals surface area contributed by atoms with Gasteiger partial charge in [0.1, 0.15) is 4.90 Å². The molecule has 144 valence electrons. The van der Waals surface area contributed by atoms with Crippen LogP contribution in [0.3, 0.4) is 0 Å². The van der Waals surface area contributed by atoms with Crippen molar-refractivity contribution >= 4 is 27.5 Å². The van der Waals surface area contributed by atoms with Gasteiger partial charge in [-0.3, -0.25) is 4.79 Å². The monoisotopic (exact) mass is 399 g/mol. The van der Waals surface area contributed by atoms with E-state index in [-0.39, 0.29) is 21.9 Å². The Hall–Kier alpha value is -1.15. The first kappa shape index (κ1) is 19.6. The highest BCUT2D eigenvalue weighted by Crippen LogP contribution is 2.28. The van der Waals surface area contributed by atoms with E-state index in [1.54, 1.807) is 6.07 Å². The molecule has 0 aliphatic carbocycles. The number of likely N-dealkylation sites (tertiary alicyclic amines) is 1. The number of nitrogens with one attached hydrogen (secondary N) is 1. The molecule has 0 unspecified atom stereocenters. The third-order valence-corrected chi connectivity index (χ3v) is 7.56. The fourth-order valence-corrected chi connectivity index (χ4v) is 5.53. The summed E-state index contributed by atoms with van der Waals surface area (Å²) >= 11 is 6.17. The third kappa shape index (κ3) is 4.39. The highest BCUT2D eigenvalue weighted by Gasteiger charge is 2.29. The van der Waals surface area contributed by atoms with Crippen LogP contribution in [0.4, 0.5) is 0 Å². The van der Waals surface area contributed by atoms with Gasteiger partial charge in [-0.05, 0) is 64.0 Å². The molecule has 1 aromatic carbocycles. The van der Waals surface area contributed by atoms with Gasteiger partial charge < -0.3 is 10.2 Å². The van der Waals surface area contributed by atoms with Crippen molar-refractivity contribution in [3.8, 4) is 0 Å². The van der Waals surface area contributed by atoms with Gasteiger partial charge >= 0.3 is 0 Å². The number of hydrogen-bond donors (Lipinski definition) is 1. The number of hydrogen-bond acceptors (Lipinski definition) is 4. The van der Waals surface area contributed by atoms with E-state index >= 15 is 0 Å². The second kappa shape index (κ2) is 8.25. The van der Waals surface area contributed by atoms with E-state index in [2.05, 4.69) is 17.3 Å². The maximum atomic E-state index is 12.9. The van der Waals surface area contributed by atoms with Crippen LogP contribution in [-0.4, -0.2) is 62.8 Å². The zero-order valence-electron chi connectivity index (χ0n) is 15.1. The van der Waals surface area contributed by atoms with Crippen LogP contribution in [0.2, 0.25) is 5.02 Å². The second-order valence-electron chi connectivity index (χ2n) is 7.16. The fourth-order valence-electron chi connectivity index (χ4n) is 3.51. The second-order valence-corrected chi connectivity index (χ2v) is 9.47. The summed E-state index contributed by atoms with van der Waals surface area (Å²) in [5.74, 6) is -0.244. The first-order valence-corrected chi connectivity index (χ1v) is 11.0. The zero-order valence-corrected chi connectivity index (χ0v) is 16.7. The minimum absolute atomic E-state index is 0.0251. The SMILES string of the molecule is CN1CCC(NC(=O)c2ccc(Cl)c(S(=O)(=O)N3CCCCC3)c2)CC1. The van der Waals surface area contributed by atoms with Crippen LogP contribution in [0.15, 0.2) is 23.1 Å². The summed E-state index contributed by atoms with van der Waals surface area (Å²) in [7, 11) is -1.61. The molecule has 3 rings (SSSR count). The van der Waals surface area contributed by atoms with E-state index in [1.165, 1.54) is 16.4 Å². The van der Waals surface area contributed by atoms with Gasteiger partial charge in [0.05, 0.1) is 5.02 Å². The van der Waals surface area contributed by atoms with Crippen LogP contribution in [0.1, 0.15) is 42.5 Å². The lowest BCUT2D eigenvalue weighted by Gasteiger charge is -2.29. The van der Waals surface area contributed by atoms with Crippen molar-refractivity contribution in [3.05, 3.63) is 28.8 Å². The molecular weight excluding hydrogens is 374 g/mol. The predicted octanol–water partition coefficient (Wildman–Crippen LogP) is 2.34. The quantitative estimate of drug-likeness (QED) is 0.843. The molecule has 6 nitrogen and oxygen atoms in total. The molecule has 2 fully saturated rings. The molecular formula is C18H26ClN3O3S. The molecule has 0 spiro atoms. The van der Waals surface area contributed by atoms with Gasteiger partial charge in [-0.1, -0.05) is 18.0 Å². The minimum Gasteiger partial charge on any atom is -0.349 e. The van der Waals surface area contributed by atoms with Crippen molar-refractivity contribution in [2.45, 2.75) is 43.0 Å². The standard InChI is InChI=1S/C18H26ClN3O3S/c1-21-11-7-15(8-12-21)20-18(23)14-5-6-16(19)17(13-14)26(24,25)22-9-3-2-4-10-22/h5-6,13,15H,2-4,7-12H2,1H3,(H,20,23). The van der Waals surface area contributed by atoms with E-state index in [4.69, 9.17) is 11.6 Å². The first-order chi connectivity index (χ1) is 12.4. The molecule has 0 aromatic heterocycles. The van der Waals surface area contributed by atoms with Crippen molar-refractivity contribution in [1.29, 1.82) is 0 Å². The molecule has 2 heterocycles. The lowest BCUT2D eigenvalue weighted by Crippen LogP contribution is -2.43. The lowest BCUT2D eigenvalue weighted by atomic mass is 10.0. The number of amides is 1. The smallest absolute Gasteiger partial charge is 0.251 e. The largest absolute Gasteiger partial charge is 0.349 e. The number of benzene rings is 1. The van der Waals surface area contributed by atoms with Crippen molar-refractivity contribution in [3.63, 3.8) is 0 Å². The molecule has 1 amide bonds. The Balaban J connectivity index is 1.77. The Kier molecular flexibility index (Phi) is 6.22. The molecule has 0 radical (unpaired) electrons. The summed E-state index contributed by atoms with van der Waals surface area (Å²) in [6.45, 7) is 2.90. The van der Waals surface area contributed by atoms with E-state index in [9.17, 15) is 13.2 Å². The van der Waals surface area contributed by atoms with Crippen LogP contribution < -0.4 is 5.32 Å². The number of piperidine rings is 2. The maximum Gasteiger partial charge on any atom is 0.251 e. The molecule has 0 saturated carbocycles. The molecule has 0 atom stereocenters. The highest BCUT2D eigenvalue weighted by molar-refractivity contribution is 7.89. The molecule has 1 N–H and O–H groups in total. The minimum atomic E-state index is -3.67. The van der Waals surface area contributed by atoms with Crippen LogP contribution in [0.5, 0.6) is 0 Å². The summed E-state index contributed by atoms with van der Waals surface area (Å²) in [5, 5.41) is 3.17. The van der Waals surface area contributed by atoms with Crippen LogP contribution in [0.25, 0.3) is 0 Å². The molecule has 2 saturated heterocycles. The van der Waals surface area contributed by atoms with Crippen LogP contribution in [-0.2, 0) is 10.0 Å². The normalized spacial score (nSPS) is 20.8. The predicted molar refractivity (Wildman–Crippen MR) is 102 cm³/mol. The van der Waals surface area contributed by atoms with Gasteiger partial charge in [-0.15, -0.1) is 0 Å². The average molecular weight is 400 g/mol. The fraction of sp³-hybridized carbons (Fsp3) is 0.611. The Morgan fingerprint density at radius 1 is 1.12 bits per heavy atom. The summed E-state index contributed by atoms with van der Waals surface area (Å²) < 4.78 is 27.3. The third-order valence-electron chi connectivity index (χ3n) is 5.18. The summed E-state index contributed by atoms with van der Waals surface area (Å²) in [4.78, 5) is 14.8. The summed E-state index contributed by atoms with van der Waals surface area (Å²) in [6.07, 6.45) is 4.54. The van der Waals surface area contributed by atoms with Crippen molar-refractivity contribution in [2.24, 2.45) is 0 Å². The number of rotatable bonds is 4. The van der Waals surface area contributed by atoms with E-state index < -0.39 is 10.0 Å². The van der Waals surface area contributed by atoms with Gasteiger partial charge in [0.2, 0.25) is 10.0 Å². The summed E-state index contributed by atoms with van der Waals surface area (Å²) in [6, 6.07) is 4.62. The number of sulfonamides is 1. The molecule has 2 aliphatic rings. The highest BCUT2D eigenvalue weighted by atomic mass is 35.5. The summed E-state index contributed by atoms with van der Waals surface area (Å²) in [5.41, 5.74) is 0.337. The van der Waals surface area contributed by atoms with E-state index in [0.29, 0.717) is 18.7 Å². The van der Waals surface area contributed by atoms with Crippen LogP contribution >= 0.6 is 11.6 Å². The number of nitrogens with zero attached hydrogens (tertiary/aromatic N) is 2. The zero-order chi connectivity index (χ0) is 18.7. The Labute approximate surface area is 160 Å². The van der Waals surface area contributed by atoms with Gasteiger partial charge in [0.15, 0.2) is 0 Å². The topological polar surface area (TPSA) is 69.7 Å². The molecule has 26 heavy (non-hydrogen) atoms. The molecule has 0 bridgehead atoms. The van der Waals surface area contributed by atoms with Crippen molar-refractivity contribution < 1.29 is 13.2 Å². The average Bonchev–Trinajstić information content (AvgIpc) is 2.64. The maximum absolute atomic E-state index is 12.9. The molecule has 1 aromatic rings. The Bertz CT molecular complexity index is 755. The Morgan fingerprint density at radius 2 is 1.77 bits per heavy atom. The molecule has 2 aliphatic heterocycles.